The van der Waals surface area contributed by atoms with Crippen LogP contribution in [-0.2, 0) is 32.0 Å². The molecule has 0 spiro atoms. The van der Waals surface area contributed by atoms with Crippen molar-refractivity contribution >= 4 is 40.5 Å². The van der Waals surface area contributed by atoms with Crippen LogP contribution in [0.5, 0.6) is 0 Å². The first-order valence-electron chi connectivity index (χ1n) is 13.0. The van der Waals surface area contributed by atoms with E-state index in [9.17, 15) is 34.4 Å². The van der Waals surface area contributed by atoms with Crippen LogP contribution >= 0.6 is 11.6 Å². The van der Waals surface area contributed by atoms with Crippen LogP contribution in [0.4, 0.5) is 10.2 Å². The molecule has 3 heterocycles. The number of imidazole rings is 1. The van der Waals surface area contributed by atoms with Gasteiger partial charge in [-0.1, -0.05) is 48.4 Å². The smallest absolute Gasteiger partial charge is 0.348 e. The van der Waals surface area contributed by atoms with Crippen LogP contribution in [0, 0.1) is 18.2 Å². The predicted octanol–water partition coefficient (Wildman–Crippen LogP) is 2.02. The van der Waals surface area contributed by atoms with Crippen LogP contribution in [0.15, 0.2) is 60.9 Å². The van der Waals surface area contributed by atoms with Crippen molar-refractivity contribution in [3.63, 3.8) is 0 Å². The number of aliphatic carboxylic acids is 2. The zero-order chi connectivity index (χ0) is 31.6. The largest absolute Gasteiger partial charge is 0.479 e. The van der Waals surface area contributed by atoms with Crippen molar-refractivity contribution in [1.29, 1.82) is 0 Å². The number of fused-ring (bicyclic) bond motifs is 1. The van der Waals surface area contributed by atoms with Gasteiger partial charge >= 0.3 is 11.9 Å². The number of hydrogen-bond donors (Lipinski definition) is 5. The molecule has 1 fully saturated rings. The molecule has 5 N–H and O–H groups in total. The van der Waals surface area contributed by atoms with Crippen LogP contribution < -0.4 is 5.32 Å². The zero-order valence-corrected chi connectivity index (χ0v) is 23.4. The van der Waals surface area contributed by atoms with Gasteiger partial charge in [-0.15, -0.1) is 6.42 Å². The van der Waals surface area contributed by atoms with Crippen molar-refractivity contribution in [2.75, 3.05) is 11.9 Å². The molecule has 1 aliphatic rings. The monoisotopic (exact) mass is 625 g/mol. The number of rotatable bonds is 11. The number of aliphatic hydroxyl groups is 2. The van der Waals surface area contributed by atoms with Gasteiger partial charge in [-0.2, -0.15) is 9.97 Å². The molecule has 0 amide bonds. The molecule has 0 radical (unpaired) electrons. The summed E-state index contributed by atoms with van der Waals surface area (Å²) in [6.07, 6.45) is 1.40. The number of carboxylic acids is 2. The van der Waals surface area contributed by atoms with Crippen molar-refractivity contribution in [2.24, 2.45) is 0 Å². The summed E-state index contributed by atoms with van der Waals surface area (Å²) < 4.78 is 25.8. The molecule has 44 heavy (non-hydrogen) atoms. The maximum atomic E-state index is 13.3. The van der Waals surface area contributed by atoms with Gasteiger partial charge in [0.2, 0.25) is 5.28 Å². The number of anilines is 1. The third kappa shape index (κ3) is 5.66. The number of terminal acetylenes is 1. The normalized spacial score (nSPS) is 21.7. The molecular formula is C29H25ClFN5O8. The number of hydrogen-bond acceptors (Lipinski definition) is 10. The van der Waals surface area contributed by atoms with Crippen molar-refractivity contribution in [3.05, 3.63) is 83.2 Å². The van der Waals surface area contributed by atoms with Gasteiger partial charge < -0.3 is 35.2 Å². The van der Waals surface area contributed by atoms with Gasteiger partial charge in [0.15, 0.2) is 28.8 Å². The Balaban J connectivity index is 1.42. The lowest BCUT2D eigenvalue weighted by atomic mass is 9.92. The molecule has 2 aromatic carbocycles. The molecule has 0 aliphatic carbocycles. The van der Waals surface area contributed by atoms with Crippen LogP contribution in [0.3, 0.4) is 0 Å². The second kappa shape index (κ2) is 12.2. The molecule has 15 heteroatoms. The third-order valence-corrected chi connectivity index (χ3v) is 7.43. The molecule has 0 bridgehead atoms. The van der Waals surface area contributed by atoms with Gasteiger partial charge in [-0.3, -0.25) is 4.57 Å². The molecule has 1 aliphatic heterocycles. The predicted molar refractivity (Wildman–Crippen MR) is 152 cm³/mol. The van der Waals surface area contributed by atoms with Crippen molar-refractivity contribution in [2.45, 2.75) is 42.6 Å². The second-order valence-electron chi connectivity index (χ2n) is 9.99. The second-order valence-corrected chi connectivity index (χ2v) is 10.3. The highest BCUT2D eigenvalue weighted by atomic mass is 35.5. The summed E-state index contributed by atoms with van der Waals surface area (Å²) in [5.41, 5.74) is -3.84. The molecule has 4 atom stereocenters. The first-order valence-corrected chi connectivity index (χ1v) is 13.4. The van der Waals surface area contributed by atoms with Gasteiger partial charge in [0.25, 0.3) is 5.60 Å². The van der Waals surface area contributed by atoms with E-state index in [-0.39, 0.29) is 28.8 Å². The number of aliphatic hydroxyl groups excluding tert-OH is 1. The van der Waals surface area contributed by atoms with E-state index in [0.29, 0.717) is 5.56 Å². The highest BCUT2D eigenvalue weighted by Crippen LogP contribution is 2.39. The maximum Gasteiger partial charge on any atom is 0.348 e. The van der Waals surface area contributed by atoms with E-state index >= 15 is 0 Å². The van der Waals surface area contributed by atoms with E-state index in [4.69, 9.17) is 27.5 Å². The SMILES string of the molecule is C#C[C@@]1(O)[C@@H](COC(Cc2ccccc2)(C(=O)O)C(=O)O)O[C@@H](n2cnc3c(NCc4ccc(F)cc4)nc(Cl)nc32)[C@@H]1O. The summed E-state index contributed by atoms with van der Waals surface area (Å²) >= 11 is 6.17. The third-order valence-electron chi connectivity index (χ3n) is 7.26. The lowest BCUT2D eigenvalue weighted by molar-refractivity contribution is -0.191. The molecule has 13 nitrogen and oxygen atoms in total. The minimum absolute atomic E-state index is 0.0751. The number of carbonyl (C=O) groups is 2. The highest BCUT2D eigenvalue weighted by molar-refractivity contribution is 6.28. The Labute approximate surface area is 253 Å². The lowest BCUT2D eigenvalue weighted by Crippen LogP contribution is -2.55. The fourth-order valence-corrected chi connectivity index (χ4v) is 4.99. The minimum Gasteiger partial charge on any atom is -0.479 e. The Hall–Kier alpha value is -4.65. The van der Waals surface area contributed by atoms with Crippen LogP contribution in [-0.4, -0.2) is 81.9 Å². The summed E-state index contributed by atoms with van der Waals surface area (Å²) in [6.45, 7) is -0.598. The summed E-state index contributed by atoms with van der Waals surface area (Å²) in [7, 11) is 0. The summed E-state index contributed by atoms with van der Waals surface area (Å²) in [4.78, 5) is 37.1. The van der Waals surface area contributed by atoms with Crippen molar-refractivity contribution < 1.29 is 43.9 Å². The lowest BCUT2D eigenvalue weighted by Gasteiger charge is -2.30. The van der Waals surface area contributed by atoms with E-state index in [1.165, 1.54) is 35.2 Å². The van der Waals surface area contributed by atoms with E-state index in [1.54, 1.807) is 30.3 Å². The van der Waals surface area contributed by atoms with E-state index < -0.39 is 60.4 Å². The number of nitrogens with zero attached hydrogens (tertiary/aromatic N) is 4. The molecule has 228 valence electrons. The van der Waals surface area contributed by atoms with Gasteiger partial charge in [-0.05, 0) is 34.9 Å². The molecule has 0 unspecified atom stereocenters. The summed E-state index contributed by atoms with van der Waals surface area (Å²) in [5.74, 6) is -1.70. The summed E-state index contributed by atoms with van der Waals surface area (Å²) in [6, 6.07) is 13.7. The minimum atomic E-state index is -2.77. The molecule has 0 saturated carbocycles. The Morgan fingerprint density at radius 1 is 1.14 bits per heavy atom. The molecule has 1 saturated heterocycles. The fraction of sp³-hybridized carbons (Fsp3) is 0.276. The zero-order valence-electron chi connectivity index (χ0n) is 22.7. The molecule has 2 aromatic heterocycles. The van der Waals surface area contributed by atoms with Crippen molar-refractivity contribution in [1.82, 2.24) is 19.5 Å². The quantitative estimate of drug-likeness (QED) is 0.0928. The Morgan fingerprint density at radius 3 is 2.45 bits per heavy atom. The van der Waals surface area contributed by atoms with Gasteiger partial charge in [0, 0.05) is 13.0 Å². The van der Waals surface area contributed by atoms with Crippen molar-refractivity contribution in [3.8, 4) is 12.3 Å². The molecule has 5 rings (SSSR count). The topological polar surface area (TPSA) is 189 Å². The first kappa shape index (κ1) is 30.8. The van der Waals surface area contributed by atoms with E-state index in [1.807, 2.05) is 0 Å². The number of halogens is 2. The van der Waals surface area contributed by atoms with Gasteiger partial charge in [-0.25, -0.2) is 19.0 Å². The number of carboxylic acid groups (broad SMARTS) is 2. The van der Waals surface area contributed by atoms with Gasteiger partial charge in [0.05, 0.1) is 12.9 Å². The maximum absolute atomic E-state index is 13.3. The Morgan fingerprint density at radius 2 is 1.82 bits per heavy atom. The van der Waals surface area contributed by atoms with Crippen LogP contribution in [0.2, 0.25) is 5.28 Å². The van der Waals surface area contributed by atoms with Crippen LogP contribution in [0.25, 0.3) is 11.2 Å². The average Bonchev–Trinajstić information content (AvgIpc) is 3.53. The molecule has 4 aromatic rings. The standard InChI is InChI=1S/C29H25ClFN5O8/c1-2-28(42)19(14-43-29(25(38)39,26(40)41)12-16-6-4-3-5-7-16)44-24(21(28)37)36-15-33-20-22(34-27(30)35-23(20)36)32-13-17-8-10-18(31)11-9-17/h1,3-11,15,19,21,24,37,42H,12-14H2,(H,38,39)(H,40,41)(H,32,34,35)/t19-,21+,24-,28-/m1/s1. The first-order chi connectivity index (χ1) is 21.0. The van der Waals surface area contributed by atoms with E-state index in [2.05, 4.69) is 26.2 Å². The van der Waals surface area contributed by atoms with E-state index in [0.717, 1.165) is 5.56 Å². The number of ether oxygens (including phenoxy) is 2. The summed E-state index contributed by atoms with van der Waals surface area (Å²) in [5, 5.41) is 45.0. The Kier molecular flexibility index (Phi) is 8.51. The van der Waals surface area contributed by atoms with Crippen LogP contribution in [0.1, 0.15) is 17.4 Å². The Bertz CT molecular complexity index is 1720. The highest BCUT2D eigenvalue weighted by Gasteiger charge is 2.58. The number of benzene rings is 2. The van der Waals surface area contributed by atoms with Gasteiger partial charge in [0.1, 0.15) is 18.0 Å². The molecular weight excluding hydrogens is 601 g/mol. The average molecular weight is 626 g/mol. The number of aromatic nitrogens is 4. The number of nitrogens with one attached hydrogen (secondary N) is 1. The fourth-order valence-electron chi connectivity index (χ4n) is 4.82.